The maximum absolute atomic E-state index is 13.2. The lowest BCUT2D eigenvalue weighted by atomic mass is 9.99. The minimum Gasteiger partial charge on any atom is -0.366 e. The predicted molar refractivity (Wildman–Crippen MR) is 113 cm³/mol. The largest absolute Gasteiger partial charge is 0.366 e. The summed E-state index contributed by atoms with van der Waals surface area (Å²) < 4.78 is 0. The van der Waals surface area contributed by atoms with Crippen molar-refractivity contribution in [2.75, 3.05) is 28.2 Å². The molecule has 0 saturated carbocycles. The Morgan fingerprint density at radius 2 is 2.10 bits per heavy atom. The molecule has 2 aliphatic rings. The highest BCUT2D eigenvalue weighted by Gasteiger charge is 2.38. The molecule has 2 amide bonds. The number of fused-ring (bicyclic) bond motifs is 4. The molecule has 1 fully saturated rings. The summed E-state index contributed by atoms with van der Waals surface area (Å²) in [6.07, 6.45) is 7.29. The molecule has 0 aliphatic carbocycles. The Labute approximate surface area is 169 Å². The molecule has 1 saturated heterocycles. The van der Waals surface area contributed by atoms with Crippen LogP contribution in [0.25, 0.3) is 11.3 Å². The molecule has 1 atom stereocenters. The normalized spacial score (nSPS) is 17.6. The summed E-state index contributed by atoms with van der Waals surface area (Å²) in [7, 11) is 0. The number of carbonyl (C=O) groups is 1. The van der Waals surface area contributed by atoms with Crippen molar-refractivity contribution in [3.8, 4) is 11.3 Å². The second-order valence-electron chi connectivity index (χ2n) is 7.49. The Morgan fingerprint density at radius 3 is 2.93 bits per heavy atom. The molecular formula is C22H22N6O. The highest BCUT2D eigenvalue weighted by atomic mass is 16.2. The van der Waals surface area contributed by atoms with Crippen molar-refractivity contribution < 1.29 is 4.79 Å². The minimum absolute atomic E-state index is 0.0951. The van der Waals surface area contributed by atoms with E-state index >= 15 is 0 Å². The maximum atomic E-state index is 13.2. The fourth-order valence-electron chi connectivity index (χ4n) is 4.17. The van der Waals surface area contributed by atoms with Crippen LogP contribution in [0.15, 0.2) is 55.0 Å². The molecule has 7 heteroatoms. The van der Waals surface area contributed by atoms with Gasteiger partial charge in [0.2, 0.25) is 0 Å². The van der Waals surface area contributed by atoms with Gasteiger partial charge in [-0.15, -0.1) is 0 Å². The van der Waals surface area contributed by atoms with Crippen LogP contribution in [-0.4, -0.2) is 40.1 Å². The summed E-state index contributed by atoms with van der Waals surface area (Å²) in [5.41, 5.74) is 3.91. The van der Waals surface area contributed by atoms with Crippen LogP contribution in [0.3, 0.4) is 0 Å². The lowest BCUT2D eigenvalue weighted by molar-refractivity contribution is 0.252. The average Bonchev–Trinajstić information content (AvgIpc) is 2.75. The number of rotatable bonds is 2. The third-order valence-corrected chi connectivity index (χ3v) is 5.62. The monoisotopic (exact) mass is 386 g/mol. The molecule has 146 valence electrons. The van der Waals surface area contributed by atoms with Crippen molar-refractivity contribution in [2.45, 2.75) is 25.8 Å². The molecule has 0 radical (unpaired) electrons. The number of anilines is 3. The number of aryl methyl sites for hydroxylation is 1. The van der Waals surface area contributed by atoms with E-state index in [1.807, 2.05) is 42.3 Å². The predicted octanol–water partition coefficient (Wildman–Crippen LogP) is 3.87. The van der Waals surface area contributed by atoms with Crippen LogP contribution < -0.4 is 15.1 Å². The number of nitrogens with zero attached hydrogens (tertiary/aromatic N) is 5. The fourth-order valence-corrected chi connectivity index (χ4v) is 4.17. The Bertz CT molecular complexity index is 1050. The van der Waals surface area contributed by atoms with Gasteiger partial charge in [0, 0.05) is 37.2 Å². The van der Waals surface area contributed by atoms with Crippen molar-refractivity contribution in [2.24, 2.45) is 0 Å². The van der Waals surface area contributed by atoms with E-state index in [9.17, 15) is 4.79 Å². The standard InChI is InChI=1S/C22H22N6O/c1-15-9-11-23-13-17(15)18-7-8-19-21(25-18)28(16-5-4-12-27(19)14-16)22(29)26-20-6-2-3-10-24-20/h2-3,6-11,13,16H,4-5,12,14H2,1H3,(H,24,26,29)/t16-/m0/s1. The van der Waals surface area contributed by atoms with Crippen molar-refractivity contribution in [3.05, 3.63) is 60.6 Å². The molecule has 5 rings (SSSR count). The molecule has 2 aliphatic heterocycles. The van der Waals surface area contributed by atoms with Gasteiger partial charge in [0.25, 0.3) is 0 Å². The Balaban J connectivity index is 1.57. The van der Waals surface area contributed by atoms with E-state index in [1.54, 1.807) is 18.5 Å². The Morgan fingerprint density at radius 1 is 1.17 bits per heavy atom. The van der Waals surface area contributed by atoms with Crippen LogP contribution in [0.2, 0.25) is 0 Å². The van der Waals surface area contributed by atoms with E-state index in [4.69, 9.17) is 4.98 Å². The van der Waals surface area contributed by atoms with E-state index in [1.165, 1.54) is 0 Å². The number of amides is 2. The van der Waals surface area contributed by atoms with Crippen LogP contribution in [0.4, 0.5) is 22.1 Å². The SMILES string of the molecule is Cc1ccncc1-c1ccc2c(n1)N(C(=O)Nc1ccccn1)[C@H]1CCCN2C1. The summed E-state index contributed by atoms with van der Waals surface area (Å²) in [5, 5.41) is 2.93. The summed E-state index contributed by atoms with van der Waals surface area (Å²) in [4.78, 5) is 30.8. The van der Waals surface area contributed by atoms with E-state index in [0.29, 0.717) is 11.6 Å². The number of carbonyl (C=O) groups excluding carboxylic acids is 1. The van der Waals surface area contributed by atoms with Crippen LogP contribution in [0.5, 0.6) is 0 Å². The van der Waals surface area contributed by atoms with Crippen LogP contribution >= 0.6 is 0 Å². The zero-order chi connectivity index (χ0) is 19.8. The molecular weight excluding hydrogens is 364 g/mol. The number of hydrogen-bond acceptors (Lipinski definition) is 5. The van der Waals surface area contributed by atoms with E-state index in [0.717, 1.165) is 48.4 Å². The molecule has 0 spiro atoms. The van der Waals surface area contributed by atoms with Crippen LogP contribution in [0.1, 0.15) is 18.4 Å². The first-order valence-corrected chi connectivity index (χ1v) is 9.89. The zero-order valence-corrected chi connectivity index (χ0v) is 16.2. The summed E-state index contributed by atoms with van der Waals surface area (Å²) in [5.74, 6) is 1.24. The lowest BCUT2D eigenvalue weighted by Crippen LogP contribution is -2.56. The van der Waals surface area contributed by atoms with Gasteiger partial charge in [-0.3, -0.25) is 15.2 Å². The molecule has 2 bridgehead atoms. The molecule has 29 heavy (non-hydrogen) atoms. The number of nitrogens with one attached hydrogen (secondary N) is 1. The van der Waals surface area contributed by atoms with Gasteiger partial charge in [-0.2, -0.15) is 0 Å². The first-order valence-electron chi connectivity index (χ1n) is 9.89. The quantitative estimate of drug-likeness (QED) is 0.724. The molecule has 0 aromatic carbocycles. The smallest absolute Gasteiger partial charge is 0.329 e. The zero-order valence-electron chi connectivity index (χ0n) is 16.2. The Kier molecular flexibility index (Phi) is 4.35. The van der Waals surface area contributed by atoms with E-state index < -0.39 is 0 Å². The van der Waals surface area contributed by atoms with Gasteiger partial charge in [-0.25, -0.2) is 14.8 Å². The summed E-state index contributed by atoms with van der Waals surface area (Å²) in [6, 6.07) is 11.4. The third kappa shape index (κ3) is 3.18. The van der Waals surface area contributed by atoms with Gasteiger partial charge in [-0.05, 0) is 55.7 Å². The van der Waals surface area contributed by atoms with Crippen molar-refractivity contribution in [1.29, 1.82) is 0 Å². The first kappa shape index (κ1) is 17.6. The first-order chi connectivity index (χ1) is 14.2. The third-order valence-electron chi connectivity index (χ3n) is 5.62. The number of hydrogen-bond donors (Lipinski definition) is 1. The van der Waals surface area contributed by atoms with Crippen molar-refractivity contribution >= 4 is 23.4 Å². The second-order valence-corrected chi connectivity index (χ2v) is 7.49. The van der Waals surface area contributed by atoms with Gasteiger partial charge < -0.3 is 4.90 Å². The summed E-state index contributed by atoms with van der Waals surface area (Å²) >= 11 is 0. The fraction of sp³-hybridized carbons (Fsp3) is 0.273. The molecule has 3 aromatic heterocycles. The van der Waals surface area contributed by atoms with Gasteiger partial charge in [0.05, 0.1) is 17.4 Å². The second kappa shape index (κ2) is 7.16. The molecule has 7 nitrogen and oxygen atoms in total. The lowest BCUT2D eigenvalue weighted by Gasteiger charge is -2.45. The van der Waals surface area contributed by atoms with Crippen molar-refractivity contribution in [1.82, 2.24) is 15.0 Å². The maximum Gasteiger partial charge on any atom is 0.329 e. The average molecular weight is 386 g/mol. The van der Waals surface area contributed by atoms with Gasteiger partial charge in [0.1, 0.15) is 5.82 Å². The number of pyridine rings is 3. The molecule has 1 N–H and O–H groups in total. The van der Waals surface area contributed by atoms with Gasteiger partial charge in [-0.1, -0.05) is 6.07 Å². The van der Waals surface area contributed by atoms with Gasteiger partial charge in [0.15, 0.2) is 5.82 Å². The van der Waals surface area contributed by atoms with Crippen LogP contribution in [0, 0.1) is 6.92 Å². The van der Waals surface area contributed by atoms with E-state index in [2.05, 4.69) is 26.3 Å². The van der Waals surface area contributed by atoms with Crippen LogP contribution in [-0.2, 0) is 0 Å². The van der Waals surface area contributed by atoms with E-state index in [-0.39, 0.29) is 12.1 Å². The number of aromatic nitrogens is 3. The minimum atomic E-state index is -0.191. The highest BCUT2D eigenvalue weighted by molar-refractivity contribution is 6.04. The topological polar surface area (TPSA) is 74.2 Å². The molecule has 5 heterocycles. The highest BCUT2D eigenvalue weighted by Crippen LogP contribution is 2.39. The number of piperidine rings is 1. The van der Waals surface area contributed by atoms with Crippen molar-refractivity contribution in [3.63, 3.8) is 0 Å². The molecule has 0 unspecified atom stereocenters. The Hall–Kier alpha value is -3.48. The molecule has 3 aromatic rings. The van der Waals surface area contributed by atoms with Gasteiger partial charge >= 0.3 is 6.03 Å². The summed E-state index contributed by atoms with van der Waals surface area (Å²) in [6.45, 7) is 3.86. The number of urea groups is 1.